The van der Waals surface area contributed by atoms with E-state index in [1.807, 2.05) is 6.07 Å². The fourth-order valence-corrected chi connectivity index (χ4v) is 12.7. The third-order valence-electron chi connectivity index (χ3n) is 12.9. The van der Waals surface area contributed by atoms with E-state index < -0.39 is 17.9 Å². The molecule has 0 aliphatic heterocycles. The van der Waals surface area contributed by atoms with Gasteiger partial charge >= 0.3 is 5.97 Å². The highest BCUT2D eigenvalue weighted by molar-refractivity contribution is 14.1. The van der Waals surface area contributed by atoms with Gasteiger partial charge < -0.3 is 15.4 Å². The number of carbonyl (C=O) groups excluding carboxylic acids is 3. The summed E-state index contributed by atoms with van der Waals surface area (Å²) in [6, 6.07) is 3.02. The zero-order valence-electron chi connectivity index (χ0n) is 29.6. The Kier molecular flexibility index (Phi) is 13.0. The van der Waals surface area contributed by atoms with Crippen molar-refractivity contribution in [2.45, 2.75) is 124 Å². The molecule has 4 aliphatic carbocycles. The van der Waals surface area contributed by atoms with Gasteiger partial charge in [-0.25, -0.2) is 4.79 Å². The maximum atomic E-state index is 13.1. The summed E-state index contributed by atoms with van der Waals surface area (Å²) >= 11 is 6.53. The molecule has 2 N–H and O–H groups in total. The molecule has 266 valence electrons. The molecule has 9 heteroatoms. The second-order valence-corrected chi connectivity index (χ2v) is 19.8. The van der Waals surface area contributed by atoms with Crippen molar-refractivity contribution in [1.29, 1.82) is 0 Å². The van der Waals surface area contributed by atoms with Crippen LogP contribution in [0.4, 0.5) is 0 Å². The highest BCUT2D eigenvalue weighted by atomic mass is 127. The molecule has 1 aromatic rings. The molecule has 4 aliphatic rings. The van der Waals surface area contributed by atoms with Crippen LogP contribution < -0.4 is 10.6 Å². The number of rotatable bonds is 11. The maximum Gasteiger partial charge on any atom is 0.328 e. The molecule has 0 saturated heterocycles. The van der Waals surface area contributed by atoms with Gasteiger partial charge in [0, 0.05) is 17.1 Å². The molecule has 0 aromatic heterocycles. The number of fused-ring (bicyclic) bond motifs is 5. The summed E-state index contributed by atoms with van der Waals surface area (Å²) in [6.07, 6.45) is 15.9. The third kappa shape index (κ3) is 8.27. The quantitative estimate of drug-likeness (QED) is 0.100. The Morgan fingerprint density at radius 3 is 2.44 bits per heavy atom. The molecule has 1 aromatic carbocycles. The first-order chi connectivity index (χ1) is 22.6. The average Bonchev–Trinajstić information content (AvgIpc) is 3.38. The van der Waals surface area contributed by atoms with Crippen molar-refractivity contribution in [3.63, 3.8) is 0 Å². The minimum absolute atomic E-state index is 0.158. The van der Waals surface area contributed by atoms with E-state index in [-0.39, 0.29) is 24.0 Å². The van der Waals surface area contributed by atoms with Crippen molar-refractivity contribution in [1.82, 2.24) is 10.6 Å². The number of carbonyl (C=O) groups is 3. The zero-order chi connectivity index (χ0) is 35.0. The van der Waals surface area contributed by atoms with Crippen LogP contribution in [0.25, 0.3) is 0 Å². The molecule has 0 heterocycles. The lowest BCUT2D eigenvalue weighted by molar-refractivity contribution is -0.154. The van der Waals surface area contributed by atoms with Crippen LogP contribution in [0, 0.1) is 57.0 Å². The maximum absolute atomic E-state index is 13.1. The topological polar surface area (TPSA) is 84.5 Å². The van der Waals surface area contributed by atoms with Gasteiger partial charge in [-0.05, 0) is 178 Å². The Hall–Kier alpha value is -0.440. The molecule has 0 bridgehead atoms. The number of halogens is 3. The monoisotopic (exact) mass is 996 g/mol. The Bertz CT molecular complexity index is 1410. The number of benzene rings is 1. The summed E-state index contributed by atoms with van der Waals surface area (Å²) in [6.45, 7) is 13.9. The van der Waals surface area contributed by atoms with E-state index in [9.17, 15) is 14.4 Å². The molecule has 9 atom stereocenters. The minimum Gasteiger partial charge on any atom is -0.461 e. The predicted molar refractivity (Wildman–Crippen MR) is 217 cm³/mol. The van der Waals surface area contributed by atoms with E-state index in [2.05, 4.69) is 119 Å². The first kappa shape index (κ1) is 38.8. The number of allylic oxidation sites excluding steroid dienone is 1. The van der Waals surface area contributed by atoms with Crippen LogP contribution in [-0.4, -0.2) is 36.5 Å². The Morgan fingerprint density at radius 1 is 0.958 bits per heavy atom. The fourth-order valence-electron chi connectivity index (χ4n) is 10.3. The summed E-state index contributed by atoms with van der Waals surface area (Å²) in [7, 11) is 0. The standard InChI is InChI=1S/C39H55I3N2O4/c1-22(2)8-7-9-23(3)30-12-13-31-28-11-10-25-18-27(14-16-38(25,5)32(28)15-17-39(30,31)6)48-37(47)24(4)44-34(45)21-43-36(46)29-19-26(40)20-33(41)35(29)42/h10,19-20,22-24,27-28,30-32H,7-9,11-18,21H2,1-6H3,(H,43,46)(H,44,45)/t23-,24+,27+,28+,30-,31+,32+,38+,39-/m1/s1. The van der Waals surface area contributed by atoms with E-state index in [4.69, 9.17) is 4.74 Å². The van der Waals surface area contributed by atoms with Crippen LogP contribution in [0.3, 0.4) is 0 Å². The summed E-state index contributed by atoms with van der Waals surface area (Å²) in [4.78, 5) is 38.5. The first-order valence-corrected chi connectivity index (χ1v) is 21.5. The molecule has 5 rings (SSSR count). The smallest absolute Gasteiger partial charge is 0.328 e. The van der Waals surface area contributed by atoms with E-state index in [0.29, 0.717) is 11.0 Å². The number of hydrogen-bond acceptors (Lipinski definition) is 4. The predicted octanol–water partition coefficient (Wildman–Crippen LogP) is 9.69. The first-order valence-electron chi connectivity index (χ1n) is 18.3. The fraction of sp³-hybridized carbons (Fsp3) is 0.718. The zero-order valence-corrected chi connectivity index (χ0v) is 36.1. The van der Waals surface area contributed by atoms with Gasteiger partial charge in [-0.2, -0.15) is 0 Å². The van der Waals surface area contributed by atoms with Crippen molar-refractivity contribution >= 4 is 85.6 Å². The highest BCUT2D eigenvalue weighted by Crippen LogP contribution is 2.67. The number of hydrogen-bond donors (Lipinski definition) is 2. The van der Waals surface area contributed by atoms with Gasteiger partial charge in [0.15, 0.2) is 0 Å². The molecule has 3 saturated carbocycles. The summed E-state index contributed by atoms with van der Waals surface area (Å²) < 4.78 is 8.80. The molecule has 0 radical (unpaired) electrons. The molecular weight excluding hydrogens is 941 g/mol. The van der Waals surface area contributed by atoms with Gasteiger partial charge in [-0.3, -0.25) is 9.59 Å². The molecule has 0 unspecified atom stereocenters. The van der Waals surface area contributed by atoms with E-state index >= 15 is 0 Å². The van der Waals surface area contributed by atoms with Crippen LogP contribution in [0.15, 0.2) is 23.8 Å². The summed E-state index contributed by atoms with van der Waals surface area (Å²) in [5.41, 5.74) is 2.70. The van der Waals surface area contributed by atoms with Gasteiger partial charge in [0.25, 0.3) is 5.91 Å². The lowest BCUT2D eigenvalue weighted by Gasteiger charge is -2.58. The molecule has 2 amide bonds. The van der Waals surface area contributed by atoms with Crippen LogP contribution in [-0.2, 0) is 14.3 Å². The van der Waals surface area contributed by atoms with E-state index in [1.54, 1.807) is 13.0 Å². The summed E-state index contributed by atoms with van der Waals surface area (Å²) in [5.74, 6) is 3.69. The Labute approximate surface area is 329 Å². The molecule has 3 fully saturated rings. The number of ether oxygens (including phenoxy) is 1. The SMILES string of the molecule is CC(C)CCC[C@@H](C)[C@H]1CC[C@H]2[C@@H]3CC=C4C[C@@H](OC(=O)[C@H](C)NC(=O)CNC(=O)c5cc(I)cc(I)c5I)CC[C@]4(C)[C@H]3CC[C@]12C. The summed E-state index contributed by atoms with van der Waals surface area (Å²) in [5, 5.41) is 5.41. The van der Waals surface area contributed by atoms with E-state index in [0.717, 1.165) is 65.5 Å². The van der Waals surface area contributed by atoms with Crippen molar-refractivity contribution < 1.29 is 19.1 Å². The van der Waals surface area contributed by atoms with Crippen LogP contribution in [0.1, 0.15) is 123 Å². The number of nitrogens with one attached hydrogen (secondary N) is 2. The van der Waals surface area contributed by atoms with Gasteiger partial charge in [-0.1, -0.05) is 65.5 Å². The largest absolute Gasteiger partial charge is 0.461 e. The lowest BCUT2D eigenvalue weighted by atomic mass is 9.47. The van der Waals surface area contributed by atoms with Crippen LogP contribution in [0.5, 0.6) is 0 Å². The normalized spacial score (nSPS) is 32.3. The van der Waals surface area contributed by atoms with Crippen molar-refractivity contribution in [2.24, 2.45) is 46.3 Å². The lowest BCUT2D eigenvalue weighted by Crippen LogP contribution is -2.51. The average molecular weight is 997 g/mol. The van der Waals surface area contributed by atoms with Gasteiger partial charge in [0.1, 0.15) is 12.1 Å². The van der Waals surface area contributed by atoms with Gasteiger partial charge in [-0.15, -0.1) is 0 Å². The number of amides is 2. The van der Waals surface area contributed by atoms with Crippen molar-refractivity contribution in [3.8, 4) is 0 Å². The second kappa shape index (κ2) is 16.1. The Balaban J connectivity index is 1.12. The molecule has 48 heavy (non-hydrogen) atoms. The van der Waals surface area contributed by atoms with Crippen LogP contribution >= 0.6 is 67.8 Å². The Morgan fingerprint density at radius 2 is 1.71 bits per heavy atom. The molecule has 0 spiro atoms. The van der Waals surface area contributed by atoms with Crippen molar-refractivity contribution in [2.75, 3.05) is 6.54 Å². The van der Waals surface area contributed by atoms with Crippen LogP contribution in [0.2, 0.25) is 0 Å². The number of esters is 1. The van der Waals surface area contributed by atoms with Crippen molar-refractivity contribution in [3.05, 3.63) is 40.1 Å². The van der Waals surface area contributed by atoms with Gasteiger partial charge in [0.2, 0.25) is 5.91 Å². The molecule has 6 nitrogen and oxygen atoms in total. The van der Waals surface area contributed by atoms with Gasteiger partial charge in [0.05, 0.1) is 12.1 Å². The minimum atomic E-state index is -0.787. The third-order valence-corrected chi connectivity index (χ3v) is 16.6. The van der Waals surface area contributed by atoms with E-state index in [1.165, 1.54) is 56.9 Å². The molecular formula is C39H55I3N2O4. The second-order valence-electron chi connectivity index (χ2n) is 16.3. The highest BCUT2D eigenvalue weighted by Gasteiger charge is 2.59.